The summed E-state index contributed by atoms with van der Waals surface area (Å²) in [6, 6.07) is 0. The zero-order valence-corrected chi connectivity index (χ0v) is 12.5. The Morgan fingerprint density at radius 3 is 2.74 bits per heavy atom. The van der Waals surface area contributed by atoms with Gasteiger partial charge in [0, 0.05) is 17.1 Å². The van der Waals surface area contributed by atoms with E-state index in [4.69, 9.17) is 5.11 Å². The van der Waals surface area contributed by atoms with Crippen LogP contribution in [0.25, 0.3) is 5.78 Å². The molecule has 1 N–H and O–H groups in total. The zero-order chi connectivity index (χ0) is 13.8. The van der Waals surface area contributed by atoms with Gasteiger partial charge in [-0.25, -0.2) is 9.50 Å². The van der Waals surface area contributed by atoms with Gasteiger partial charge in [0.15, 0.2) is 0 Å². The number of hydrogen-bond donors (Lipinski definition) is 1. The van der Waals surface area contributed by atoms with Crippen LogP contribution in [-0.4, -0.2) is 37.0 Å². The van der Waals surface area contributed by atoms with E-state index in [1.165, 1.54) is 23.7 Å². The van der Waals surface area contributed by atoms with Gasteiger partial charge in [-0.05, 0) is 32.3 Å². The van der Waals surface area contributed by atoms with Crippen LogP contribution in [0.2, 0.25) is 0 Å². The number of aliphatic hydroxyl groups excluding tert-OH is 1. The molecule has 0 bridgehead atoms. The van der Waals surface area contributed by atoms with E-state index in [1.807, 2.05) is 11.4 Å². The van der Waals surface area contributed by atoms with Crippen molar-refractivity contribution in [2.45, 2.75) is 45.2 Å². The topological polar surface area (TPSA) is 63.3 Å². The molecule has 0 amide bonds. The average molecular weight is 280 g/mol. The van der Waals surface area contributed by atoms with E-state index in [1.54, 1.807) is 0 Å². The molecular weight excluding hydrogens is 260 g/mol. The van der Waals surface area contributed by atoms with Crippen molar-refractivity contribution in [1.29, 1.82) is 0 Å². The third-order valence-corrected chi connectivity index (χ3v) is 3.95. The minimum Gasteiger partial charge on any atom is -0.396 e. The lowest BCUT2D eigenvalue weighted by Gasteiger charge is -2.09. The van der Waals surface area contributed by atoms with Crippen LogP contribution in [0.15, 0.2) is 5.16 Å². The Morgan fingerprint density at radius 1 is 1.26 bits per heavy atom. The molecule has 0 spiro atoms. The molecule has 5 nitrogen and oxygen atoms in total. The summed E-state index contributed by atoms with van der Waals surface area (Å²) < 4.78 is 1.82. The summed E-state index contributed by atoms with van der Waals surface area (Å²) in [6.45, 7) is 6.43. The molecule has 0 unspecified atom stereocenters. The second-order valence-electron chi connectivity index (χ2n) is 4.54. The normalized spacial score (nSPS) is 11.4. The van der Waals surface area contributed by atoms with E-state index >= 15 is 0 Å². The molecule has 0 saturated heterocycles. The number of nitrogens with zero attached hydrogens (tertiary/aromatic N) is 4. The molecule has 104 valence electrons. The summed E-state index contributed by atoms with van der Waals surface area (Å²) >= 11 is 1.45. The van der Waals surface area contributed by atoms with Gasteiger partial charge in [0.2, 0.25) is 5.16 Å². The van der Waals surface area contributed by atoms with Gasteiger partial charge in [0.25, 0.3) is 5.78 Å². The van der Waals surface area contributed by atoms with Crippen LogP contribution in [0.5, 0.6) is 0 Å². The molecule has 2 aromatic heterocycles. The first kappa shape index (κ1) is 14.3. The monoisotopic (exact) mass is 280 g/mol. The maximum Gasteiger partial charge on any atom is 0.253 e. The highest BCUT2D eigenvalue weighted by Crippen LogP contribution is 2.19. The average Bonchev–Trinajstić information content (AvgIpc) is 2.79. The predicted molar refractivity (Wildman–Crippen MR) is 76.7 cm³/mol. The molecule has 0 fully saturated rings. The Bertz CT molecular complexity index is 567. The molecule has 0 aliphatic carbocycles. The number of aliphatic hydroxyl groups is 1. The quantitative estimate of drug-likeness (QED) is 0.822. The first-order chi connectivity index (χ1) is 9.17. The standard InChI is InChI=1S/C13H20N4OS/c1-4-5-6-11-9(2)14-12-15-13(19-8-7-18)16-17(12)10(11)3/h18H,4-8H2,1-3H3. The van der Waals surface area contributed by atoms with Gasteiger partial charge in [-0.15, -0.1) is 5.10 Å². The van der Waals surface area contributed by atoms with Crippen LogP contribution in [0.3, 0.4) is 0 Å². The molecule has 2 rings (SSSR count). The van der Waals surface area contributed by atoms with E-state index in [2.05, 4.69) is 28.9 Å². The third-order valence-electron chi connectivity index (χ3n) is 3.13. The van der Waals surface area contributed by atoms with Crippen molar-refractivity contribution in [2.24, 2.45) is 0 Å². The second-order valence-corrected chi connectivity index (χ2v) is 5.61. The minimum absolute atomic E-state index is 0.132. The predicted octanol–water partition coefficient (Wildman–Crippen LogP) is 2.17. The van der Waals surface area contributed by atoms with E-state index in [0.29, 0.717) is 16.7 Å². The maximum absolute atomic E-state index is 8.84. The van der Waals surface area contributed by atoms with E-state index < -0.39 is 0 Å². The molecule has 0 aliphatic rings. The number of hydrogen-bond acceptors (Lipinski definition) is 5. The molecule has 0 saturated carbocycles. The molecule has 19 heavy (non-hydrogen) atoms. The molecule has 0 aromatic carbocycles. The lowest BCUT2D eigenvalue weighted by molar-refractivity contribution is 0.322. The Kier molecular flexibility index (Phi) is 4.76. The molecule has 2 aromatic rings. The number of aromatic nitrogens is 4. The molecule has 0 radical (unpaired) electrons. The molecule has 6 heteroatoms. The van der Waals surface area contributed by atoms with Crippen molar-refractivity contribution in [1.82, 2.24) is 19.6 Å². The van der Waals surface area contributed by atoms with Crippen LogP contribution < -0.4 is 0 Å². The summed E-state index contributed by atoms with van der Waals surface area (Å²) in [7, 11) is 0. The highest BCUT2D eigenvalue weighted by Gasteiger charge is 2.13. The zero-order valence-electron chi connectivity index (χ0n) is 11.7. The molecule has 0 atom stereocenters. The summed E-state index contributed by atoms with van der Waals surface area (Å²) in [5.74, 6) is 1.26. The SMILES string of the molecule is CCCCc1c(C)nc2nc(SCCO)nn2c1C. The summed E-state index contributed by atoms with van der Waals surface area (Å²) in [6.07, 6.45) is 3.37. The van der Waals surface area contributed by atoms with Gasteiger partial charge < -0.3 is 5.11 Å². The van der Waals surface area contributed by atoms with Crippen LogP contribution in [-0.2, 0) is 6.42 Å². The smallest absolute Gasteiger partial charge is 0.253 e. The fourth-order valence-electron chi connectivity index (χ4n) is 2.10. The van der Waals surface area contributed by atoms with E-state index in [-0.39, 0.29) is 6.61 Å². The Morgan fingerprint density at radius 2 is 2.05 bits per heavy atom. The summed E-state index contributed by atoms with van der Waals surface area (Å²) in [5.41, 5.74) is 3.45. The summed E-state index contributed by atoms with van der Waals surface area (Å²) in [5, 5.41) is 14.0. The number of thioether (sulfide) groups is 1. The van der Waals surface area contributed by atoms with Gasteiger partial charge in [-0.1, -0.05) is 25.1 Å². The largest absolute Gasteiger partial charge is 0.396 e. The van der Waals surface area contributed by atoms with Crippen LogP contribution in [0, 0.1) is 13.8 Å². The van der Waals surface area contributed by atoms with Crippen molar-refractivity contribution < 1.29 is 5.11 Å². The van der Waals surface area contributed by atoms with Crippen LogP contribution in [0.1, 0.15) is 36.7 Å². The van der Waals surface area contributed by atoms with Crippen molar-refractivity contribution in [3.63, 3.8) is 0 Å². The van der Waals surface area contributed by atoms with Gasteiger partial charge in [-0.3, -0.25) is 0 Å². The number of fused-ring (bicyclic) bond motifs is 1. The highest BCUT2D eigenvalue weighted by molar-refractivity contribution is 7.99. The molecule has 0 aliphatic heterocycles. The van der Waals surface area contributed by atoms with Crippen LogP contribution in [0.4, 0.5) is 0 Å². The Hall–Kier alpha value is -1.14. The lowest BCUT2D eigenvalue weighted by atomic mass is 10.1. The Balaban J connectivity index is 2.38. The highest BCUT2D eigenvalue weighted by atomic mass is 32.2. The van der Waals surface area contributed by atoms with Crippen molar-refractivity contribution in [3.05, 3.63) is 17.0 Å². The Labute approximate surface area is 117 Å². The fourth-order valence-corrected chi connectivity index (χ4v) is 2.66. The van der Waals surface area contributed by atoms with E-state index in [0.717, 1.165) is 24.2 Å². The van der Waals surface area contributed by atoms with Gasteiger partial charge >= 0.3 is 0 Å². The third kappa shape index (κ3) is 3.06. The molecule has 2 heterocycles. The number of unbranched alkanes of at least 4 members (excludes halogenated alkanes) is 1. The van der Waals surface area contributed by atoms with Gasteiger partial charge in [0.05, 0.1) is 6.61 Å². The fraction of sp³-hybridized carbons (Fsp3) is 0.615. The van der Waals surface area contributed by atoms with Gasteiger partial charge in [0.1, 0.15) is 0 Å². The second kappa shape index (κ2) is 6.34. The van der Waals surface area contributed by atoms with Crippen LogP contribution >= 0.6 is 11.8 Å². The minimum atomic E-state index is 0.132. The number of rotatable bonds is 6. The van der Waals surface area contributed by atoms with Crippen molar-refractivity contribution in [2.75, 3.05) is 12.4 Å². The summed E-state index contributed by atoms with van der Waals surface area (Å²) in [4.78, 5) is 8.92. The first-order valence-electron chi connectivity index (χ1n) is 6.63. The van der Waals surface area contributed by atoms with Gasteiger partial charge in [-0.2, -0.15) is 4.98 Å². The molecular formula is C13H20N4OS. The first-order valence-corrected chi connectivity index (χ1v) is 7.62. The maximum atomic E-state index is 8.84. The lowest BCUT2D eigenvalue weighted by Crippen LogP contribution is -2.05. The van der Waals surface area contributed by atoms with Crippen molar-refractivity contribution in [3.8, 4) is 0 Å². The number of aryl methyl sites for hydroxylation is 2. The van der Waals surface area contributed by atoms with Crippen molar-refractivity contribution >= 4 is 17.5 Å². The van der Waals surface area contributed by atoms with E-state index in [9.17, 15) is 0 Å².